The molecule has 0 bridgehead atoms. The molecule has 1 saturated heterocycles. The van der Waals surface area contributed by atoms with Crippen LogP contribution in [-0.2, 0) is 25.8 Å². The lowest BCUT2D eigenvalue weighted by molar-refractivity contribution is -0.140. The van der Waals surface area contributed by atoms with Gasteiger partial charge in [0.1, 0.15) is 39.9 Å². The Morgan fingerprint density at radius 3 is 2.58 bits per heavy atom. The molecule has 0 spiro atoms. The van der Waals surface area contributed by atoms with Crippen LogP contribution in [0.25, 0.3) is 21.6 Å². The second-order valence-electron chi connectivity index (χ2n) is 15.1. The summed E-state index contributed by atoms with van der Waals surface area (Å²) < 4.78 is 79.9. The fourth-order valence-electron chi connectivity index (χ4n) is 7.29. The fourth-order valence-corrected chi connectivity index (χ4v) is 9.39. The number of likely N-dealkylation sites (N-methyl/N-ethyl adjacent to an activating group) is 1. The van der Waals surface area contributed by atoms with Crippen molar-refractivity contribution in [2.24, 2.45) is 5.92 Å². The molecule has 18 heteroatoms. The van der Waals surface area contributed by atoms with Gasteiger partial charge in [0.15, 0.2) is 5.69 Å². The molecule has 2 aliphatic carbocycles. The number of nitrogens with zero attached hydrogens (tertiary/aromatic N) is 4. The molecular weight excluding hydrogens is 762 g/mol. The van der Waals surface area contributed by atoms with Gasteiger partial charge in [-0.3, -0.25) is 14.3 Å². The van der Waals surface area contributed by atoms with Gasteiger partial charge in [0.2, 0.25) is 15.9 Å². The highest BCUT2D eigenvalue weighted by Gasteiger charge is 2.63. The maximum atomic E-state index is 14.1. The van der Waals surface area contributed by atoms with E-state index in [9.17, 15) is 36.0 Å². The predicted molar refractivity (Wildman–Crippen MR) is 198 cm³/mol. The number of alkyl halides is 3. The Labute approximate surface area is 320 Å². The molecule has 0 radical (unpaired) electrons. The second kappa shape index (κ2) is 14.2. The highest BCUT2D eigenvalue weighted by molar-refractivity contribution is 7.91. The van der Waals surface area contributed by atoms with Crippen LogP contribution in [0.2, 0.25) is 0 Å². The van der Waals surface area contributed by atoms with E-state index in [1.54, 1.807) is 37.9 Å². The SMILES string of the molecule is COc1ccc2c(O[C@@H]3CCN4C(=O)N[C@@]5(C(=O)NS(=O)(=O)C6(C)CC6)C[C@@H]5/C=C/CCCCN(C)C(=O)[C@@H]4C3)cc(-c3nc(C(F)(F)F)cs3)nc2c1C. The van der Waals surface area contributed by atoms with Crippen LogP contribution in [0.1, 0.15) is 69.5 Å². The maximum Gasteiger partial charge on any atom is 0.434 e. The lowest BCUT2D eigenvalue weighted by atomic mass is 9.97. The number of sulfonamides is 1. The van der Waals surface area contributed by atoms with Crippen LogP contribution in [0.3, 0.4) is 0 Å². The number of nitrogens with one attached hydrogen (secondary N) is 2. The lowest BCUT2D eigenvalue weighted by Gasteiger charge is -2.40. The van der Waals surface area contributed by atoms with Crippen LogP contribution in [0.15, 0.2) is 35.7 Å². The van der Waals surface area contributed by atoms with E-state index in [0.29, 0.717) is 60.2 Å². The van der Waals surface area contributed by atoms with Crippen LogP contribution in [0, 0.1) is 12.8 Å². The van der Waals surface area contributed by atoms with Gasteiger partial charge in [0, 0.05) is 61.3 Å². The summed E-state index contributed by atoms with van der Waals surface area (Å²) in [7, 11) is -0.812. The van der Waals surface area contributed by atoms with E-state index in [4.69, 9.17) is 9.47 Å². The van der Waals surface area contributed by atoms with Gasteiger partial charge in [-0.15, -0.1) is 11.3 Å². The molecule has 4 amide bonds. The van der Waals surface area contributed by atoms with Crippen molar-refractivity contribution < 1.29 is 45.4 Å². The third-order valence-corrected chi connectivity index (χ3v) is 14.2. The highest BCUT2D eigenvalue weighted by Crippen LogP contribution is 2.48. The second-order valence-corrected chi connectivity index (χ2v) is 18.1. The van der Waals surface area contributed by atoms with E-state index >= 15 is 0 Å². The van der Waals surface area contributed by atoms with E-state index in [1.165, 1.54) is 18.1 Å². The summed E-state index contributed by atoms with van der Waals surface area (Å²) in [5.41, 5.74) is -1.29. The van der Waals surface area contributed by atoms with Crippen molar-refractivity contribution in [3.05, 3.63) is 47.0 Å². The molecule has 3 fully saturated rings. The number of ether oxygens (including phenoxy) is 2. The minimum Gasteiger partial charge on any atom is -0.496 e. The molecule has 4 atom stereocenters. The first kappa shape index (κ1) is 38.8. The molecule has 2 aliphatic heterocycles. The topological polar surface area (TPSA) is 160 Å². The first-order valence-electron chi connectivity index (χ1n) is 18.2. The molecule has 1 aromatic carbocycles. The van der Waals surface area contributed by atoms with Gasteiger partial charge < -0.3 is 24.6 Å². The van der Waals surface area contributed by atoms with Crippen molar-refractivity contribution in [1.82, 2.24) is 29.8 Å². The normalized spacial score (nSPS) is 26.3. The van der Waals surface area contributed by atoms with Gasteiger partial charge in [-0.05, 0) is 64.5 Å². The van der Waals surface area contributed by atoms with E-state index in [1.807, 2.05) is 12.2 Å². The molecule has 296 valence electrons. The Morgan fingerprint density at radius 1 is 1.13 bits per heavy atom. The number of amides is 4. The average Bonchev–Trinajstić information content (AvgIpc) is 3.99. The Kier molecular flexibility index (Phi) is 10.1. The molecule has 55 heavy (non-hydrogen) atoms. The minimum absolute atomic E-state index is 0.0425. The number of hydrogen-bond donors (Lipinski definition) is 2. The zero-order chi connectivity index (χ0) is 39.5. The van der Waals surface area contributed by atoms with E-state index in [-0.39, 0.29) is 42.4 Å². The molecular formula is C37H43F3N6O7S2. The van der Waals surface area contributed by atoms with Crippen molar-refractivity contribution in [1.29, 1.82) is 0 Å². The molecule has 0 unspecified atom stereocenters. The zero-order valence-corrected chi connectivity index (χ0v) is 32.5. The third kappa shape index (κ3) is 7.46. The third-order valence-electron chi connectivity index (χ3n) is 11.2. The maximum absolute atomic E-state index is 14.1. The number of fused-ring (bicyclic) bond motifs is 3. The van der Waals surface area contributed by atoms with Gasteiger partial charge in [-0.25, -0.2) is 23.2 Å². The summed E-state index contributed by atoms with van der Waals surface area (Å²) in [5, 5.41) is 4.37. The molecule has 2 saturated carbocycles. The van der Waals surface area contributed by atoms with Crippen LogP contribution in [0.5, 0.6) is 11.5 Å². The van der Waals surface area contributed by atoms with Gasteiger partial charge >= 0.3 is 12.2 Å². The van der Waals surface area contributed by atoms with Gasteiger partial charge in [0.25, 0.3) is 5.91 Å². The molecule has 2 N–H and O–H groups in total. The number of aryl methyl sites for hydroxylation is 1. The molecule has 4 heterocycles. The number of carbonyl (C=O) groups is 3. The number of piperidine rings is 1. The monoisotopic (exact) mass is 804 g/mol. The summed E-state index contributed by atoms with van der Waals surface area (Å²) in [6, 6.07) is 3.34. The number of carbonyl (C=O) groups excluding carboxylic acids is 3. The summed E-state index contributed by atoms with van der Waals surface area (Å²) in [5.74, 6) is -0.725. The standard InChI is InChI=1S/C37H43F3N6O7S2/c1-21-27(52-4)11-10-24-28(18-25(41-30(21)24)31-42-29(20-54-31)37(38,39)40)53-23-12-16-46-26(17-23)32(47)45(3)15-8-6-5-7-9-22-19-36(22,43-34(46)49)33(48)44-55(50,51)35(2)13-14-35/h7,9-11,18,20,22-23,26H,5-6,8,12-17,19H2,1-4H3,(H,43,49)(H,44,48)/b9-7+/t22-,23+,26-,36-/m0/s1. The molecule has 13 nitrogen and oxygen atoms in total. The summed E-state index contributed by atoms with van der Waals surface area (Å²) in [4.78, 5) is 53.4. The van der Waals surface area contributed by atoms with Crippen LogP contribution in [-0.4, -0.2) is 95.7 Å². The number of methoxy groups -OCH3 is 1. The lowest BCUT2D eigenvalue weighted by Crippen LogP contribution is -2.62. The smallest absolute Gasteiger partial charge is 0.434 e. The summed E-state index contributed by atoms with van der Waals surface area (Å²) >= 11 is 0.803. The first-order valence-corrected chi connectivity index (χ1v) is 20.6. The number of hydrogen-bond acceptors (Lipinski definition) is 10. The van der Waals surface area contributed by atoms with Crippen LogP contribution < -0.4 is 19.5 Å². The zero-order valence-electron chi connectivity index (χ0n) is 30.9. The van der Waals surface area contributed by atoms with Gasteiger partial charge in [0.05, 0.1) is 17.4 Å². The van der Waals surface area contributed by atoms with E-state index in [2.05, 4.69) is 20.0 Å². The number of rotatable bonds is 7. The van der Waals surface area contributed by atoms with Crippen LogP contribution in [0.4, 0.5) is 18.0 Å². The number of allylic oxidation sites excluding steroid dienone is 1. The predicted octanol–water partition coefficient (Wildman–Crippen LogP) is 5.57. The van der Waals surface area contributed by atoms with E-state index in [0.717, 1.165) is 23.1 Å². The van der Waals surface area contributed by atoms with Crippen molar-refractivity contribution in [3.8, 4) is 22.2 Å². The van der Waals surface area contributed by atoms with Crippen molar-refractivity contribution in [2.75, 3.05) is 27.2 Å². The molecule has 4 aliphatic rings. The quantitative estimate of drug-likeness (QED) is 0.291. The van der Waals surface area contributed by atoms with Gasteiger partial charge in [-0.1, -0.05) is 12.2 Å². The first-order chi connectivity index (χ1) is 26.0. The Balaban J connectivity index is 1.19. The van der Waals surface area contributed by atoms with Crippen LogP contribution >= 0.6 is 11.3 Å². The van der Waals surface area contributed by atoms with E-state index < -0.39 is 62.2 Å². The minimum atomic E-state index is -4.64. The number of urea groups is 1. The highest BCUT2D eigenvalue weighted by atomic mass is 32.2. The Morgan fingerprint density at radius 2 is 1.89 bits per heavy atom. The molecule has 7 rings (SSSR count). The number of benzene rings is 1. The Hall–Kier alpha value is -4.45. The average molecular weight is 805 g/mol. The number of halogens is 3. The van der Waals surface area contributed by atoms with Gasteiger partial charge in [-0.2, -0.15) is 13.2 Å². The largest absolute Gasteiger partial charge is 0.496 e. The number of pyridine rings is 1. The number of aromatic nitrogens is 2. The fraction of sp³-hybridized carbons (Fsp3) is 0.541. The van der Waals surface area contributed by atoms with Crippen molar-refractivity contribution >= 4 is 50.1 Å². The summed E-state index contributed by atoms with van der Waals surface area (Å²) in [6.45, 7) is 3.86. The molecule has 2 aromatic heterocycles. The number of thiazole rings is 1. The summed E-state index contributed by atoms with van der Waals surface area (Å²) in [6.07, 6.45) is 2.06. The van der Waals surface area contributed by atoms with Crippen molar-refractivity contribution in [2.45, 2.75) is 93.8 Å². The Bertz CT molecular complexity index is 2170. The van der Waals surface area contributed by atoms with Crippen molar-refractivity contribution in [3.63, 3.8) is 0 Å². The molecule has 3 aromatic rings.